The average Bonchev–Trinajstić information content (AvgIpc) is 3.20. The van der Waals surface area contributed by atoms with E-state index in [-0.39, 0.29) is 51.0 Å². The van der Waals surface area contributed by atoms with Gasteiger partial charge in [0.2, 0.25) is 0 Å². The maximum atomic E-state index is 2.40. The summed E-state index contributed by atoms with van der Waals surface area (Å²) in [5.74, 6) is 0. The Labute approximate surface area is 201 Å². The van der Waals surface area contributed by atoms with Crippen LogP contribution in [-0.2, 0) is 32.6 Å². The smallest absolute Gasteiger partial charge is 1.00 e. The van der Waals surface area contributed by atoms with Crippen molar-refractivity contribution in [3.05, 3.63) is 82.9 Å². The molecule has 0 saturated heterocycles. The molecule has 0 amide bonds. The van der Waals surface area contributed by atoms with E-state index < -0.39 is 0 Å². The molecule has 4 aromatic rings. The minimum absolute atomic E-state index is 0. The SMILES string of the molecule is CC[Si]=C(Cc1cc2c(C)cccc2[cH-]1)c1cc2c(C)cccc2[cH-]1.[Cl-].[Cl-].[Zr+4]. The molecule has 1 radical (unpaired) electrons. The predicted octanol–water partition coefficient (Wildman–Crippen LogP) is -0.0413. The fourth-order valence-corrected chi connectivity index (χ4v) is 4.91. The van der Waals surface area contributed by atoms with Crippen molar-refractivity contribution >= 4 is 35.8 Å². The van der Waals surface area contributed by atoms with Crippen LogP contribution in [0.15, 0.2) is 60.7 Å². The van der Waals surface area contributed by atoms with Crippen LogP contribution in [0.2, 0.25) is 6.04 Å². The Bertz CT molecular complexity index is 1090. The van der Waals surface area contributed by atoms with E-state index in [0.29, 0.717) is 0 Å². The molecule has 0 spiro atoms. The summed E-state index contributed by atoms with van der Waals surface area (Å²) >= 11 is 0. The summed E-state index contributed by atoms with van der Waals surface area (Å²) in [5, 5.41) is 7.14. The second-order valence-corrected chi connectivity index (χ2v) is 8.61. The molecular formula is C24H23Cl2SiZr. The Kier molecular flexibility index (Phi) is 9.77. The van der Waals surface area contributed by atoms with Gasteiger partial charge in [-0.25, -0.2) is 0 Å². The summed E-state index contributed by atoms with van der Waals surface area (Å²) in [6.45, 7) is 6.70. The van der Waals surface area contributed by atoms with Gasteiger partial charge in [-0.15, -0.1) is 74.2 Å². The van der Waals surface area contributed by atoms with Gasteiger partial charge < -0.3 is 24.8 Å². The number of hydrogen-bond donors (Lipinski definition) is 0. The minimum atomic E-state index is 0. The first-order valence-corrected chi connectivity index (χ1v) is 10.3. The van der Waals surface area contributed by atoms with Gasteiger partial charge in [-0.2, -0.15) is 6.07 Å². The third-order valence-corrected chi connectivity index (χ3v) is 6.36. The van der Waals surface area contributed by atoms with Gasteiger partial charge in [0.1, 0.15) is 0 Å². The largest absolute Gasteiger partial charge is 4.00 e. The van der Waals surface area contributed by atoms with Crippen LogP contribution >= 0.6 is 0 Å². The molecule has 4 heteroatoms. The Hall–Kier alpha value is -0.790. The van der Waals surface area contributed by atoms with E-state index in [1.54, 1.807) is 5.17 Å². The molecule has 0 N–H and O–H groups in total. The first-order valence-electron chi connectivity index (χ1n) is 9.07. The average molecular weight is 502 g/mol. The molecule has 0 fully saturated rings. The van der Waals surface area contributed by atoms with E-state index in [0.717, 1.165) is 15.6 Å². The Morgan fingerprint density at radius 2 is 1.43 bits per heavy atom. The molecule has 0 aliphatic carbocycles. The van der Waals surface area contributed by atoms with Crippen molar-refractivity contribution in [3.63, 3.8) is 0 Å². The number of fused-ring (bicyclic) bond motifs is 2. The molecule has 28 heavy (non-hydrogen) atoms. The monoisotopic (exact) mass is 499 g/mol. The normalized spacial score (nSPS) is 11.0. The van der Waals surface area contributed by atoms with E-state index in [1.165, 1.54) is 49.8 Å². The molecule has 0 unspecified atom stereocenters. The molecule has 4 aromatic carbocycles. The molecular weight excluding hydrogens is 478 g/mol. The molecule has 0 aliphatic heterocycles. The van der Waals surface area contributed by atoms with Crippen molar-refractivity contribution in [1.29, 1.82) is 0 Å². The van der Waals surface area contributed by atoms with Gasteiger partial charge in [-0.05, 0) is 23.0 Å². The van der Waals surface area contributed by atoms with Crippen LogP contribution < -0.4 is 24.8 Å². The zero-order valence-corrected chi connectivity index (χ0v) is 21.4. The van der Waals surface area contributed by atoms with Crippen LogP contribution in [0, 0.1) is 13.8 Å². The van der Waals surface area contributed by atoms with Crippen molar-refractivity contribution in [2.45, 2.75) is 33.2 Å². The van der Waals surface area contributed by atoms with E-state index in [4.69, 9.17) is 0 Å². The molecule has 4 rings (SSSR count). The molecule has 0 nitrogen and oxygen atoms in total. The maximum Gasteiger partial charge on any atom is 4.00 e. The number of benzene rings is 2. The Morgan fingerprint density at radius 3 is 1.96 bits per heavy atom. The molecule has 0 bridgehead atoms. The predicted molar refractivity (Wildman–Crippen MR) is 113 cm³/mol. The van der Waals surface area contributed by atoms with Gasteiger partial charge in [-0.3, -0.25) is 0 Å². The summed E-state index contributed by atoms with van der Waals surface area (Å²) in [7, 11) is 0.891. The maximum absolute atomic E-state index is 2.40. The molecule has 141 valence electrons. The summed E-state index contributed by atoms with van der Waals surface area (Å²) in [6, 6.07) is 24.0. The van der Waals surface area contributed by atoms with Gasteiger partial charge in [0, 0.05) is 0 Å². The van der Waals surface area contributed by atoms with Crippen LogP contribution in [0.1, 0.15) is 29.2 Å². The number of rotatable bonds is 4. The standard InChI is InChI=1S/C24H23Si.2ClH.Zr/c1-4-25-24(21-14-20-10-6-8-17(3)23(20)15-21)13-18-11-19-9-5-7-16(2)22(19)12-18;;;/h5-12,14-15H,4,13H2,1-3H3;2*1H;/q-2;;;+4/p-2. The van der Waals surface area contributed by atoms with Crippen molar-refractivity contribution in [2.75, 3.05) is 0 Å². The van der Waals surface area contributed by atoms with Crippen LogP contribution in [0.25, 0.3) is 21.5 Å². The number of halogens is 2. The minimum Gasteiger partial charge on any atom is -1.00 e. The summed E-state index contributed by atoms with van der Waals surface area (Å²) in [5.41, 5.74) is 5.63. The van der Waals surface area contributed by atoms with E-state index >= 15 is 0 Å². The van der Waals surface area contributed by atoms with E-state index in [1.807, 2.05) is 0 Å². The Balaban J connectivity index is 0.00000131. The number of aryl methyl sites for hydroxylation is 2. The van der Waals surface area contributed by atoms with Crippen molar-refractivity contribution in [1.82, 2.24) is 0 Å². The van der Waals surface area contributed by atoms with Gasteiger partial charge in [-0.1, -0.05) is 48.7 Å². The summed E-state index contributed by atoms with van der Waals surface area (Å²) in [6.07, 6.45) is 1.07. The number of hydrogen-bond acceptors (Lipinski definition) is 0. The van der Waals surface area contributed by atoms with Gasteiger partial charge >= 0.3 is 26.2 Å². The van der Waals surface area contributed by atoms with Gasteiger partial charge in [0.05, 0.1) is 0 Å². The zero-order valence-electron chi connectivity index (χ0n) is 16.4. The van der Waals surface area contributed by atoms with Crippen molar-refractivity contribution in [2.24, 2.45) is 0 Å². The molecule has 0 atom stereocenters. The first kappa shape index (κ1) is 25.2. The van der Waals surface area contributed by atoms with E-state index in [2.05, 4.69) is 81.4 Å². The second kappa shape index (κ2) is 10.8. The fraction of sp³-hybridized carbons (Fsp3) is 0.208. The van der Waals surface area contributed by atoms with Gasteiger partial charge in [0.15, 0.2) is 0 Å². The third-order valence-electron chi connectivity index (χ3n) is 5.12. The third kappa shape index (κ3) is 5.03. The quantitative estimate of drug-likeness (QED) is 0.272. The fourth-order valence-electron chi connectivity index (χ4n) is 3.80. The molecule has 0 heterocycles. The second-order valence-electron chi connectivity index (χ2n) is 6.95. The Morgan fingerprint density at radius 1 is 0.857 bits per heavy atom. The molecule has 0 aliphatic rings. The van der Waals surface area contributed by atoms with E-state index in [9.17, 15) is 0 Å². The van der Waals surface area contributed by atoms with Crippen LogP contribution in [0.3, 0.4) is 0 Å². The van der Waals surface area contributed by atoms with Crippen LogP contribution in [0.4, 0.5) is 0 Å². The van der Waals surface area contributed by atoms with Crippen molar-refractivity contribution < 1.29 is 51.0 Å². The topological polar surface area (TPSA) is 0 Å². The molecule has 0 aromatic heterocycles. The van der Waals surface area contributed by atoms with Crippen molar-refractivity contribution in [3.8, 4) is 0 Å². The van der Waals surface area contributed by atoms with Gasteiger partial charge in [0.25, 0.3) is 0 Å². The summed E-state index contributed by atoms with van der Waals surface area (Å²) in [4.78, 5) is 0. The summed E-state index contributed by atoms with van der Waals surface area (Å²) < 4.78 is 0. The zero-order chi connectivity index (χ0) is 17.4. The first-order chi connectivity index (χ1) is 12.2. The van der Waals surface area contributed by atoms with Crippen LogP contribution in [0.5, 0.6) is 0 Å². The molecule has 0 saturated carbocycles. The van der Waals surface area contributed by atoms with Crippen LogP contribution in [-0.4, -0.2) is 14.3 Å².